The summed E-state index contributed by atoms with van der Waals surface area (Å²) in [5.41, 5.74) is 0. The van der Waals surface area contributed by atoms with Crippen LogP contribution in [0.2, 0.25) is 0 Å². The number of halogens is 1. The van der Waals surface area contributed by atoms with Crippen LogP contribution < -0.4 is 0 Å². The maximum absolute atomic E-state index is 9.10. The summed E-state index contributed by atoms with van der Waals surface area (Å²) in [6, 6.07) is 0. The molecule has 0 unspecified atom stereocenters. The average molecular weight is 194 g/mol. The second-order valence-electron chi connectivity index (χ2n) is 0.610. The van der Waals surface area contributed by atoms with Crippen LogP contribution in [0.3, 0.4) is 0 Å². The fourth-order valence-corrected chi connectivity index (χ4v) is 0. The minimum atomic E-state index is -1.82. The van der Waals surface area contributed by atoms with Crippen LogP contribution in [0.15, 0.2) is 0 Å². The van der Waals surface area contributed by atoms with Gasteiger partial charge in [-0.05, 0) is 0 Å². The summed E-state index contributed by atoms with van der Waals surface area (Å²) < 4.78 is 0. The Morgan fingerprint density at radius 3 is 1.11 bits per heavy atom. The summed E-state index contributed by atoms with van der Waals surface area (Å²) in [6.45, 7) is 0. The van der Waals surface area contributed by atoms with E-state index in [1.165, 1.54) is 0 Å². The Kier molecular flexibility index (Phi) is 30.2. The fraction of sp³-hybridized carbons (Fsp3) is 0. The van der Waals surface area contributed by atoms with E-state index < -0.39 is 11.9 Å². The molecule has 7 heteroatoms. The molecule has 0 saturated heterocycles. The summed E-state index contributed by atoms with van der Waals surface area (Å²) >= 11 is 0. The third-order valence-corrected chi connectivity index (χ3v) is 0.183. The summed E-state index contributed by atoms with van der Waals surface area (Å²) in [6.07, 6.45) is 0. The van der Waals surface area contributed by atoms with Crippen LogP contribution in [0, 0.1) is 0 Å². The fourth-order valence-electron chi connectivity index (χ4n) is 0. The summed E-state index contributed by atoms with van der Waals surface area (Å²) in [5.74, 6) is -3.65. The zero-order chi connectivity index (χ0) is 5.15. The Bertz CT molecular complexity index is 94.1. The Morgan fingerprint density at radius 2 is 1.11 bits per heavy atom. The van der Waals surface area contributed by atoms with Crippen molar-refractivity contribution < 1.29 is 30.2 Å². The topological polar surface area (TPSA) is 74.6 Å². The SMILES string of the molecule is F.O=C(O)C(=O)O.[Ca+2].[Ca+2].[H-].[H-].[H-].[H-]. The molecule has 0 aliphatic heterocycles. The van der Waals surface area contributed by atoms with Gasteiger partial charge in [-0.1, -0.05) is 0 Å². The zero-order valence-corrected chi connectivity index (χ0v) is 8.95. The van der Waals surface area contributed by atoms with Gasteiger partial charge in [-0.15, -0.1) is 0 Å². The van der Waals surface area contributed by atoms with Crippen molar-refractivity contribution >= 4 is 87.4 Å². The monoisotopic (exact) mass is 194 g/mol. The second kappa shape index (κ2) is 12.1. The molecule has 0 aliphatic carbocycles. The van der Waals surface area contributed by atoms with E-state index in [-0.39, 0.29) is 85.9 Å². The van der Waals surface area contributed by atoms with Gasteiger partial charge in [-0.3, -0.25) is 4.70 Å². The molecule has 0 fully saturated rings. The molecule has 0 aliphatic rings. The minimum Gasteiger partial charge on any atom is -1.00 e. The molecule has 0 aromatic carbocycles. The molecular weight excluding hydrogens is 187 g/mol. The number of hydrogen-bond acceptors (Lipinski definition) is 2. The van der Waals surface area contributed by atoms with Crippen molar-refractivity contribution in [2.45, 2.75) is 0 Å². The molecule has 0 amide bonds. The van der Waals surface area contributed by atoms with E-state index in [0.717, 1.165) is 0 Å². The van der Waals surface area contributed by atoms with Crippen LogP contribution in [-0.4, -0.2) is 97.6 Å². The minimum absolute atomic E-state index is 0. The third kappa shape index (κ3) is 17.7. The molecule has 0 spiro atoms. The van der Waals surface area contributed by atoms with Gasteiger partial charge in [0.1, 0.15) is 0 Å². The van der Waals surface area contributed by atoms with Gasteiger partial charge in [-0.25, -0.2) is 9.59 Å². The normalized spacial score (nSPS) is 4.89. The van der Waals surface area contributed by atoms with Gasteiger partial charge in [0, 0.05) is 0 Å². The van der Waals surface area contributed by atoms with E-state index in [4.69, 9.17) is 19.8 Å². The average Bonchev–Trinajstić information content (AvgIpc) is 1.36. The summed E-state index contributed by atoms with van der Waals surface area (Å²) in [7, 11) is 0. The maximum atomic E-state index is 9.10. The Morgan fingerprint density at radius 1 is 1.00 bits per heavy atom. The van der Waals surface area contributed by atoms with Crippen LogP contribution in [0.25, 0.3) is 0 Å². The van der Waals surface area contributed by atoms with Crippen molar-refractivity contribution in [1.29, 1.82) is 0 Å². The number of hydrogen-bond donors (Lipinski definition) is 2. The van der Waals surface area contributed by atoms with E-state index in [9.17, 15) is 0 Å². The second-order valence-corrected chi connectivity index (χ2v) is 0.610. The first-order valence-corrected chi connectivity index (χ1v) is 1.11. The number of carboxylic acids is 2. The zero-order valence-electron chi connectivity index (χ0n) is 8.53. The van der Waals surface area contributed by atoms with Crippen LogP contribution in [0.5, 0.6) is 0 Å². The summed E-state index contributed by atoms with van der Waals surface area (Å²) in [4.78, 5) is 18.2. The van der Waals surface area contributed by atoms with Crippen molar-refractivity contribution in [2.75, 3.05) is 0 Å². The van der Waals surface area contributed by atoms with Crippen LogP contribution >= 0.6 is 0 Å². The van der Waals surface area contributed by atoms with Crippen LogP contribution in [0.4, 0.5) is 4.70 Å². The van der Waals surface area contributed by atoms with Crippen molar-refractivity contribution in [3.63, 3.8) is 0 Å². The summed E-state index contributed by atoms with van der Waals surface area (Å²) in [5, 5.41) is 14.8. The number of carboxylic acid groups (broad SMARTS) is 2. The molecule has 0 aromatic rings. The van der Waals surface area contributed by atoms with E-state index >= 15 is 0 Å². The van der Waals surface area contributed by atoms with Gasteiger partial charge in [0.2, 0.25) is 0 Å². The Hall–Kier alpha value is 1.39. The number of aliphatic carboxylic acids is 2. The quantitative estimate of drug-likeness (QED) is 0.383. The van der Waals surface area contributed by atoms with Crippen molar-refractivity contribution in [3.05, 3.63) is 0 Å². The van der Waals surface area contributed by atoms with Crippen LogP contribution in [-0.2, 0) is 9.59 Å². The van der Waals surface area contributed by atoms with Gasteiger partial charge < -0.3 is 15.9 Å². The Balaban J connectivity index is -0.00000000595. The molecule has 0 radical (unpaired) electrons. The molecule has 0 atom stereocenters. The van der Waals surface area contributed by atoms with Crippen LogP contribution in [0.1, 0.15) is 5.71 Å². The van der Waals surface area contributed by atoms with Gasteiger partial charge in [0.15, 0.2) is 0 Å². The molecule has 0 saturated carbocycles. The smallest absolute Gasteiger partial charge is 1.00 e. The number of carbonyl (C=O) groups is 2. The predicted molar refractivity (Wildman–Crippen MR) is 33.7 cm³/mol. The molecule has 0 rings (SSSR count). The first kappa shape index (κ1) is 22.4. The molecular formula is C2H7Ca2FO4. The Labute approximate surface area is 116 Å². The van der Waals surface area contributed by atoms with E-state index in [0.29, 0.717) is 0 Å². The van der Waals surface area contributed by atoms with Gasteiger partial charge in [-0.2, -0.15) is 0 Å². The first-order chi connectivity index (χ1) is 2.64. The molecule has 0 aromatic heterocycles. The standard InChI is InChI=1S/C2H2O4.2Ca.FH.4H/c3-1(4)2(5)6;;;;;;;/h(H,3,4)(H,5,6);;;1H;;;;/q;2*+2;;4*-1. The first-order valence-electron chi connectivity index (χ1n) is 1.11. The molecule has 0 bridgehead atoms. The van der Waals surface area contributed by atoms with E-state index in [1.807, 2.05) is 0 Å². The van der Waals surface area contributed by atoms with Crippen molar-refractivity contribution in [2.24, 2.45) is 0 Å². The van der Waals surface area contributed by atoms with Crippen molar-refractivity contribution in [3.8, 4) is 0 Å². The van der Waals surface area contributed by atoms with Gasteiger partial charge in [0.05, 0.1) is 0 Å². The van der Waals surface area contributed by atoms with E-state index in [1.54, 1.807) is 0 Å². The van der Waals surface area contributed by atoms with E-state index in [2.05, 4.69) is 0 Å². The molecule has 0 heterocycles. The number of rotatable bonds is 0. The molecule has 4 nitrogen and oxygen atoms in total. The van der Waals surface area contributed by atoms with Gasteiger partial charge in [0.25, 0.3) is 0 Å². The molecule has 2 N–H and O–H groups in total. The molecule has 9 heavy (non-hydrogen) atoms. The largest absolute Gasteiger partial charge is 2.00 e. The molecule has 50 valence electrons. The van der Waals surface area contributed by atoms with Gasteiger partial charge >= 0.3 is 87.4 Å². The predicted octanol–water partition coefficient (Wildman–Crippen LogP) is -1.00. The van der Waals surface area contributed by atoms with Crippen molar-refractivity contribution in [1.82, 2.24) is 0 Å². The maximum Gasteiger partial charge on any atom is 2.00 e. The third-order valence-electron chi connectivity index (χ3n) is 0.183.